The second-order valence-electron chi connectivity index (χ2n) is 6.06. The third kappa shape index (κ3) is 2.40. The molecule has 22 heavy (non-hydrogen) atoms. The highest BCUT2D eigenvalue weighted by molar-refractivity contribution is 6.13. The van der Waals surface area contributed by atoms with E-state index < -0.39 is 0 Å². The lowest BCUT2D eigenvalue weighted by molar-refractivity contribution is -0.118. The maximum absolute atomic E-state index is 13.2. The van der Waals surface area contributed by atoms with Gasteiger partial charge in [-0.05, 0) is 23.6 Å². The van der Waals surface area contributed by atoms with Gasteiger partial charge in [0.1, 0.15) is 11.5 Å². The lowest BCUT2D eigenvalue weighted by atomic mass is 9.90. The topological polar surface area (TPSA) is 44.7 Å². The molecule has 1 atom stereocenters. The Bertz CT molecular complexity index is 661. The van der Waals surface area contributed by atoms with Gasteiger partial charge in [-0.3, -0.25) is 9.79 Å². The zero-order valence-corrected chi connectivity index (χ0v) is 13.1. The van der Waals surface area contributed by atoms with E-state index in [1.165, 1.54) is 12.1 Å². The van der Waals surface area contributed by atoms with Gasteiger partial charge in [0.05, 0.1) is 12.6 Å². The molecule has 0 bridgehead atoms. The summed E-state index contributed by atoms with van der Waals surface area (Å²) in [6, 6.07) is 6.03. The number of likely N-dealkylation sites (N-methyl/N-ethyl adjacent to an activating group) is 1. The van der Waals surface area contributed by atoms with Gasteiger partial charge in [-0.15, -0.1) is 0 Å². The van der Waals surface area contributed by atoms with Crippen molar-refractivity contribution in [2.75, 3.05) is 20.1 Å². The Morgan fingerprint density at radius 3 is 2.64 bits per heavy atom. The van der Waals surface area contributed by atoms with E-state index in [-0.39, 0.29) is 23.7 Å². The highest BCUT2D eigenvalue weighted by Crippen LogP contribution is 2.35. The maximum Gasteiger partial charge on any atom is 0.268 e. The molecule has 2 aliphatic rings. The van der Waals surface area contributed by atoms with Gasteiger partial charge in [-0.25, -0.2) is 4.39 Å². The largest absolute Gasteiger partial charge is 0.368 e. The Labute approximate surface area is 129 Å². The van der Waals surface area contributed by atoms with Crippen molar-refractivity contribution in [3.8, 4) is 0 Å². The van der Waals surface area contributed by atoms with Crippen LogP contribution in [-0.4, -0.2) is 36.7 Å². The molecular formula is C17H20FN3O. The monoisotopic (exact) mass is 301 g/mol. The van der Waals surface area contributed by atoms with Crippen LogP contribution in [0.1, 0.15) is 25.5 Å². The van der Waals surface area contributed by atoms with Gasteiger partial charge in [-0.2, -0.15) is 0 Å². The number of halogens is 1. The summed E-state index contributed by atoms with van der Waals surface area (Å²) in [6.07, 6.45) is 0. The van der Waals surface area contributed by atoms with Gasteiger partial charge in [-0.1, -0.05) is 26.0 Å². The fourth-order valence-electron chi connectivity index (χ4n) is 3.10. The molecule has 0 aromatic heterocycles. The zero-order chi connectivity index (χ0) is 15.9. The first-order valence-electron chi connectivity index (χ1n) is 7.55. The summed E-state index contributed by atoms with van der Waals surface area (Å²) in [5, 5.41) is 3.02. The van der Waals surface area contributed by atoms with Crippen LogP contribution in [0.25, 0.3) is 0 Å². The number of carbonyl (C=O) groups is 1. The van der Waals surface area contributed by atoms with E-state index in [1.54, 1.807) is 12.1 Å². The van der Waals surface area contributed by atoms with Gasteiger partial charge in [0.25, 0.3) is 5.91 Å². The molecule has 5 heteroatoms. The van der Waals surface area contributed by atoms with Crippen LogP contribution in [0.15, 0.2) is 40.5 Å². The summed E-state index contributed by atoms with van der Waals surface area (Å²) in [4.78, 5) is 19.1. The molecule has 0 saturated heterocycles. The summed E-state index contributed by atoms with van der Waals surface area (Å²) in [5.74, 6) is -0.132. The Hall–Kier alpha value is -2.17. The predicted molar refractivity (Wildman–Crippen MR) is 84.1 cm³/mol. The Morgan fingerprint density at radius 1 is 1.32 bits per heavy atom. The van der Waals surface area contributed by atoms with Crippen LogP contribution in [0.4, 0.5) is 4.39 Å². The first kappa shape index (κ1) is 14.8. The molecule has 3 rings (SSSR count). The molecule has 1 amide bonds. The van der Waals surface area contributed by atoms with E-state index in [0.29, 0.717) is 12.2 Å². The molecular weight excluding hydrogens is 281 g/mol. The van der Waals surface area contributed by atoms with E-state index in [9.17, 15) is 9.18 Å². The van der Waals surface area contributed by atoms with Crippen LogP contribution in [-0.2, 0) is 4.79 Å². The van der Waals surface area contributed by atoms with Gasteiger partial charge in [0, 0.05) is 24.9 Å². The highest BCUT2D eigenvalue weighted by Gasteiger charge is 2.38. The lowest BCUT2D eigenvalue weighted by Crippen LogP contribution is -2.29. The van der Waals surface area contributed by atoms with E-state index in [0.717, 1.165) is 23.4 Å². The lowest BCUT2D eigenvalue weighted by Gasteiger charge is -2.20. The number of carbonyl (C=O) groups excluding carboxylic acids is 1. The molecule has 4 nitrogen and oxygen atoms in total. The van der Waals surface area contributed by atoms with Crippen LogP contribution in [0.5, 0.6) is 0 Å². The van der Waals surface area contributed by atoms with Crippen LogP contribution >= 0.6 is 0 Å². The van der Waals surface area contributed by atoms with E-state index in [4.69, 9.17) is 4.99 Å². The summed E-state index contributed by atoms with van der Waals surface area (Å²) in [5.41, 5.74) is 3.47. The third-order valence-corrected chi connectivity index (χ3v) is 4.16. The van der Waals surface area contributed by atoms with Crippen molar-refractivity contribution in [3.63, 3.8) is 0 Å². The summed E-state index contributed by atoms with van der Waals surface area (Å²) >= 11 is 0. The smallest absolute Gasteiger partial charge is 0.268 e. The Morgan fingerprint density at radius 2 is 2.00 bits per heavy atom. The number of amides is 1. The summed E-state index contributed by atoms with van der Waals surface area (Å²) < 4.78 is 13.2. The molecule has 0 spiro atoms. The van der Waals surface area contributed by atoms with E-state index in [1.807, 2.05) is 11.9 Å². The second kappa shape index (κ2) is 5.55. The zero-order valence-electron chi connectivity index (χ0n) is 13.1. The van der Waals surface area contributed by atoms with Crippen molar-refractivity contribution in [2.45, 2.75) is 19.9 Å². The maximum atomic E-state index is 13.2. The molecule has 1 aromatic carbocycles. The first-order chi connectivity index (χ1) is 10.5. The predicted octanol–water partition coefficient (Wildman–Crippen LogP) is 2.29. The van der Waals surface area contributed by atoms with Crippen LogP contribution in [0.3, 0.4) is 0 Å². The standard InChI is InChI=1S/C17H20FN3O/c1-10(2)14-13-15(11-4-6-12(18)7-5-11)20-17(22)16(13)21(3)9-8-19-14/h4-7,10,15H,8-9H2,1-3H3,(H,20,22). The molecule has 1 aromatic rings. The normalized spacial score (nSPS) is 21.7. The van der Waals surface area contributed by atoms with Crippen molar-refractivity contribution in [3.05, 3.63) is 46.9 Å². The van der Waals surface area contributed by atoms with Gasteiger partial charge >= 0.3 is 0 Å². The SMILES string of the molecule is CC(C)C1=NCCN(C)C2=C1C(c1ccc(F)cc1)NC2=O. The number of nitrogens with one attached hydrogen (secondary N) is 1. The Kier molecular flexibility index (Phi) is 3.72. The minimum absolute atomic E-state index is 0.0814. The van der Waals surface area contributed by atoms with Crippen molar-refractivity contribution in [2.24, 2.45) is 10.9 Å². The quantitative estimate of drug-likeness (QED) is 0.911. The van der Waals surface area contributed by atoms with E-state index >= 15 is 0 Å². The molecule has 0 fully saturated rings. The Balaban J connectivity index is 2.12. The fraction of sp³-hybridized carbons (Fsp3) is 0.412. The van der Waals surface area contributed by atoms with Crippen LogP contribution in [0, 0.1) is 11.7 Å². The minimum Gasteiger partial charge on any atom is -0.368 e. The van der Waals surface area contributed by atoms with Crippen LogP contribution < -0.4 is 5.32 Å². The number of hydrogen-bond donors (Lipinski definition) is 1. The van der Waals surface area contributed by atoms with Crippen molar-refractivity contribution in [1.82, 2.24) is 10.2 Å². The summed E-state index contributed by atoms with van der Waals surface area (Å²) in [7, 11) is 1.92. The summed E-state index contributed by atoms with van der Waals surface area (Å²) in [6.45, 7) is 5.57. The second-order valence-corrected chi connectivity index (χ2v) is 6.06. The fourth-order valence-corrected chi connectivity index (χ4v) is 3.10. The van der Waals surface area contributed by atoms with Crippen molar-refractivity contribution >= 4 is 11.6 Å². The van der Waals surface area contributed by atoms with Gasteiger partial charge in [0.2, 0.25) is 0 Å². The number of benzene rings is 1. The molecule has 1 N–H and O–H groups in total. The first-order valence-corrected chi connectivity index (χ1v) is 7.55. The third-order valence-electron chi connectivity index (χ3n) is 4.16. The number of hydrogen-bond acceptors (Lipinski definition) is 3. The van der Waals surface area contributed by atoms with Crippen molar-refractivity contribution in [1.29, 1.82) is 0 Å². The molecule has 0 saturated carbocycles. The molecule has 116 valence electrons. The average Bonchev–Trinajstić information content (AvgIpc) is 2.70. The van der Waals surface area contributed by atoms with E-state index in [2.05, 4.69) is 19.2 Å². The van der Waals surface area contributed by atoms with Gasteiger partial charge in [0.15, 0.2) is 0 Å². The van der Waals surface area contributed by atoms with Crippen molar-refractivity contribution < 1.29 is 9.18 Å². The average molecular weight is 301 g/mol. The molecule has 0 aliphatic carbocycles. The van der Waals surface area contributed by atoms with Gasteiger partial charge < -0.3 is 10.2 Å². The highest BCUT2D eigenvalue weighted by atomic mass is 19.1. The number of nitrogens with zero attached hydrogens (tertiary/aromatic N) is 2. The molecule has 1 unspecified atom stereocenters. The number of rotatable bonds is 2. The molecule has 2 aliphatic heterocycles. The number of aliphatic imine (C=N–C) groups is 1. The van der Waals surface area contributed by atoms with Crippen LogP contribution in [0.2, 0.25) is 0 Å². The molecule has 2 heterocycles. The molecule has 0 radical (unpaired) electrons. The minimum atomic E-state index is -0.280.